The molecule has 3 aromatic rings. The molecule has 27 heavy (non-hydrogen) atoms. The maximum atomic E-state index is 6.12. The van der Waals surface area contributed by atoms with Crippen molar-refractivity contribution in [1.82, 2.24) is 5.32 Å². The second kappa shape index (κ2) is 8.60. The van der Waals surface area contributed by atoms with Gasteiger partial charge in [0.2, 0.25) is 0 Å². The van der Waals surface area contributed by atoms with E-state index in [0.29, 0.717) is 11.8 Å². The average molecular weight is 377 g/mol. The Morgan fingerprint density at radius 1 is 0.741 bits per heavy atom. The molecular formula is C24H25ClN2. The van der Waals surface area contributed by atoms with Crippen molar-refractivity contribution in [3.8, 4) is 0 Å². The van der Waals surface area contributed by atoms with Crippen LogP contribution in [0.25, 0.3) is 0 Å². The molecule has 1 fully saturated rings. The van der Waals surface area contributed by atoms with E-state index in [0.717, 1.165) is 31.1 Å². The molecule has 2 nitrogen and oxygen atoms in total. The second-order valence-electron chi connectivity index (χ2n) is 7.29. The quantitative estimate of drug-likeness (QED) is 0.606. The van der Waals surface area contributed by atoms with E-state index in [1.165, 1.54) is 16.9 Å². The van der Waals surface area contributed by atoms with Crippen molar-refractivity contribution in [1.29, 1.82) is 0 Å². The summed E-state index contributed by atoms with van der Waals surface area (Å²) in [7, 11) is 0. The molecular weight excluding hydrogens is 352 g/mol. The highest BCUT2D eigenvalue weighted by Gasteiger charge is 2.29. The zero-order valence-electron chi connectivity index (χ0n) is 15.4. The molecule has 1 aliphatic heterocycles. The van der Waals surface area contributed by atoms with Gasteiger partial charge in [-0.2, -0.15) is 0 Å². The summed E-state index contributed by atoms with van der Waals surface area (Å²) in [5.41, 5.74) is 3.84. The van der Waals surface area contributed by atoms with Crippen LogP contribution in [0.15, 0.2) is 84.9 Å². The van der Waals surface area contributed by atoms with Gasteiger partial charge in [0.05, 0.1) is 0 Å². The molecule has 138 valence electrons. The van der Waals surface area contributed by atoms with Crippen LogP contribution in [-0.4, -0.2) is 19.6 Å². The van der Waals surface area contributed by atoms with Gasteiger partial charge in [-0.1, -0.05) is 60.1 Å². The predicted octanol–water partition coefficient (Wildman–Crippen LogP) is 5.56. The Labute approximate surface area is 166 Å². The first kappa shape index (κ1) is 18.1. The van der Waals surface area contributed by atoms with E-state index in [1.807, 2.05) is 12.1 Å². The van der Waals surface area contributed by atoms with Crippen molar-refractivity contribution in [2.75, 3.05) is 24.5 Å². The average Bonchev–Trinajstić information content (AvgIpc) is 3.15. The fourth-order valence-corrected chi connectivity index (χ4v) is 4.11. The molecule has 0 aliphatic carbocycles. The third-order valence-electron chi connectivity index (χ3n) is 5.44. The van der Waals surface area contributed by atoms with Crippen LogP contribution in [0.5, 0.6) is 0 Å². The lowest BCUT2D eigenvalue weighted by atomic mass is 9.89. The highest BCUT2D eigenvalue weighted by molar-refractivity contribution is 6.30. The van der Waals surface area contributed by atoms with Crippen LogP contribution < -0.4 is 10.2 Å². The summed E-state index contributed by atoms with van der Waals surface area (Å²) in [5.74, 6) is 1.24. The van der Waals surface area contributed by atoms with Crippen LogP contribution in [0, 0.1) is 11.8 Å². The first-order valence-electron chi connectivity index (χ1n) is 9.62. The van der Waals surface area contributed by atoms with Gasteiger partial charge in [0, 0.05) is 22.9 Å². The van der Waals surface area contributed by atoms with E-state index in [1.54, 1.807) is 0 Å². The number of anilines is 2. The fourth-order valence-electron chi connectivity index (χ4n) is 3.98. The number of hydrogen-bond donors (Lipinski definition) is 1. The topological polar surface area (TPSA) is 15.3 Å². The summed E-state index contributed by atoms with van der Waals surface area (Å²) in [5, 5.41) is 4.39. The summed E-state index contributed by atoms with van der Waals surface area (Å²) in [6.45, 7) is 3.15. The highest BCUT2D eigenvalue weighted by atomic mass is 35.5. The molecule has 1 heterocycles. The Hall–Kier alpha value is -2.29. The van der Waals surface area contributed by atoms with Crippen LogP contribution in [0.3, 0.4) is 0 Å². The van der Waals surface area contributed by atoms with Crippen LogP contribution in [-0.2, 0) is 6.42 Å². The maximum Gasteiger partial charge on any atom is 0.0411 e. The standard InChI is InChI=1S/C24H25ClN2/c25-22-11-13-24(14-12-22)27(23-9-5-2-6-10-23)18-21-17-26-16-20(21)15-19-7-3-1-4-8-19/h1-14,20-21,26H,15-18H2/t20-,21?/m1/s1. The second-order valence-corrected chi connectivity index (χ2v) is 7.73. The number of benzene rings is 3. The van der Waals surface area contributed by atoms with Gasteiger partial charge in [-0.3, -0.25) is 0 Å². The molecule has 0 bridgehead atoms. The normalized spacial score (nSPS) is 19.1. The zero-order valence-corrected chi connectivity index (χ0v) is 16.1. The minimum atomic E-state index is 0.598. The highest BCUT2D eigenvalue weighted by Crippen LogP contribution is 2.31. The van der Waals surface area contributed by atoms with Gasteiger partial charge < -0.3 is 10.2 Å². The summed E-state index contributed by atoms with van der Waals surface area (Å²) in [4.78, 5) is 2.42. The Bertz CT molecular complexity index is 833. The Balaban J connectivity index is 1.56. The van der Waals surface area contributed by atoms with Crippen LogP contribution in [0.4, 0.5) is 11.4 Å². The predicted molar refractivity (Wildman–Crippen MR) is 115 cm³/mol. The first-order chi connectivity index (χ1) is 13.3. The molecule has 1 N–H and O–H groups in total. The van der Waals surface area contributed by atoms with Crippen molar-refractivity contribution < 1.29 is 0 Å². The number of nitrogens with zero attached hydrogens (tertiary/aromatic N) is 1. The van der Waals surface area contributed by atoms with Gasteiger partial charge in [-0.15, -0.1) is 0 Å². The van der Waals surface area contributed by atoms with E-state index in [9.17, 15) is 0 Å². The lowest BCUT2D eigenvalue weighted by Crippen LogP contribution is -2.30. The molecule has 2 atom stereocenters. The smallest absolute Gasteiger partial charge is 0.0411 e. The summed E-state index contributed by atoms with van der Waals surface area (Å²) >= 11 is 6.12. The maximum absolute atomic E-state index is 6.12. The number of para-hydroxylation sites is 1. The van der Waals surface area contributed by atoms with E-state index in [2.05, 4.69) is 83.0 Å². The molecule has 3 heteroatoms. The minimum Gasteiger partial charge on any atom is -0.341 e. The summed E-state index contributed by atoms with van der Waals surface area (Å²) in [6, 6.07) is 29.7. The molecule has 0 saturated carbocycles. The number of halogens is 1. The third kappa shape index (κ3) is 4.52. The van der Waals surface area contributed by atoms with Crippen LogP contribution >= 0.6 is 11.6 Å². The largest absolute Gasteiger partial charge is 0.341 e. The summed E-state index contributed by atoms with van der Waals surface area (Å²) in [6.07, 6.45) is 1.13. The van der Waals surface area contributed by atoms with E-state index >= 15 is 0 Å². The van der Waals surface area contributed by atoms with E-state index in [-0.39, 0.29) is 0 Å². The lowest BCUT2D eigenvalue weighted by molar-refractivity contribution is 0.423. The number of nitrogens with one attached hydrogen (secondary N) is 1. The molecule has 0 amide bonds. The lowest BCUT2D eigenvalue weighted by Gasteiger charge is -2.30. The molecule has 1 unspecified atom stereocenters. The fraction of sp³-hybridized carbons (Fsp3) is 0.250. The number of rotatable bonds is 6. The van der Waals surface area contributed by atoms with Gasteiger partial charge in [-0.25, -0.2) is 0 Å². The Kier molecular flexibility index (Phi) is 5.76. The van der Waals surface area contributed by atoms with Gasteiger partial charge in [-0.05, 0) is 73.3 Å². The molecule has 0 radical (unpaired) electrons. The van der Waals surface area contributed by atoms with Gasteiger partial charge >= 0.3 is 0 Å². The van der Waals surface area contributed by atoms with Crippen molar-refractivity contribution >= 4 is 23.0 Å². The van der Waals surface area contributed by atoms with Crippen molar-refractivity contribution in [3.63, 3.8) is 0 Å². The molecule has 1 saturated heterocycles. The molecule has 1 aliphatic rings. The molecule has 0 aromatic heterocycles. The number of hydrogen-bond acceptors (Lipinski definition) is 2. The minimum absolute atomic E-state index is 0.598. The van der Waals surface area contributed by atoms with E-state index < -0.39 is 0 Å². The third-order valence-corrected chi connectivity index (χ3v) is 5.70. The zero-order chi connectivity index (χ0) is 18.5. The first-order valence-corrected chi connectivity index (χ1v) is 10.0. The van der Waals surface area contributed by atoms with Crippen molar-refractivity contribution in [2.45, 2.75) is 6.42 Å². The van der Waals surface area contributed by atoms with Gasteiger partial charge in [0.1, 0.15) is 0 Å². The monoisotopic (exact) mass is 376 g/mol. The van der Waals surface area contributed by atoms with Gasteiger partial charge in [0.25, 0.3) is 0 Å². The SMILES string of the molecule is Clc1ccc(N(CC2CNC[C@H]2Cc2ccccc2)c2ccccc2)cc1. The van der Waals surface area contributed by atoms with Crippen molar-refractivity contribution in [2.24, 2.45) is 11.8 Å². The van der Waals surface area contributed by atoms with Crippen LogP contribution in [0.1, 0.15) is 5.56 Å². The van der Waals surface area contributed by atoms with Crippen LogP contribution in [0.2, 0.25) is 5.02 Å². The molecule has 3 aromatic carbocycles. The van der Waals surface area contributed by atoms with Gasteiger partial charge in [0.15, 0.2) is 0 Å². The Morgan fingerprint density at radius 3 is 2.04 bits per heavy atom. The van der Waals surface area contributed by atoms with Crippen molar-refractivity contribution in [3.05, 3.63) is 95.5 Å². The summed E-state index contributed by atoms with van der Waals surface area (Å²) < 4.78 is 0. The Morgan fingerprint density at radius 2 is 1.33 bits per heavy atom. The molecule has 4 rings (SSSR count). The van der Waals surface area contributed by atoms with E-state index in [4.69, 9.17) is 11.6 Å². The molecule has 0 spiro atoms.